The number of hydrogen-bond acceptors (Lipinski definition) is 6. The van der Waals surface area contributed by atoms with Crippen molar-refractivity contribution in [1.29, 1.82) is 0 Å². The molecule has 0 saturated heterocycles. The molecule has 6 nitrogen and oxygen atoms in total. The Hall–Kier alpha value is -2.82. The van der Waals surface area contributed by atoms with Gasteiger partial charge in [-0.3, -0.25) is 0 Å². The summed E-state index contributed by atoms with van der Waals surface area (Å²) >= 11 is 1.30. The van der Waals surface area contributed by atoms with Crippen molar-refractivity contribution in [1.82, 2.24) is 15.2 Å². The summed E-state index contributed by atoms with van der Waals surface area (Å²) in [5.41, 5.74) is 6.40. The topological polar surface area (TPSA) is 102 Å². The number of aliphatic carboxylic acids is 1. The number of rotatable bonds is 1. The molecule has 0 atom stereocenters. The number of nitrogens with two attached hydrogens (primary N) is 1. The van der Waals surface area contributed by atoms with Crippen LogP contribution < -0.4 is 5.73 Å². The third kappa shape index (κ3) is 4.35. The molecule has 3 rings (SSSR count). The first-order chi connectivity index (χ1) is 11.2. The molecule has 2 heterocycles. The largest absolute Gasteiger partial charge is 0.490 e. The fourth-order valence-electron chi connectivity index (χ4n) is 1.60. The fourth-order valence-corrected chi connectivity index (χ4v) is 2.20. The summed E-state index contributed by atoms with van der Waals surface area (Å²) in [5.74, 6) is -3.25. The average Bonchev–Trinajstić information content (AvgIpc) is 2.92. The van der Waals surface area contributed by atoms with Gasteiger partial charge in [0.05, 0.1) is 0 Å². The molecule has 0 radical (unpaired) electrons. The fraction of sp³-hybridized carbons (Fsp3) is 0.0769. The molecule has 1 aromatic carbocycles. The number of carboxylic acids is 1. The zero-order valence-corrected chi connectivity index (χ0v) is 12.4. The van der Waals surface area contributed by atoms with Crippen LogP contribution in [-0.2, 0) is 4.79 Å². The summed E-state index contributed by atoms with van der Waals surface area (Å²) in [5, 5.41) is 17.6. The Morgan fingerprint density at radius 3 is 2.38 bits per heavy atom. The van der Waals surface area contributed by atoms with Gasteiger partial charge in [0.15, 0.2) is 0 Å². The predicted octanol–water partition coefficient (Wildman–Crippen LogP) is 3.11. The molecule has 0 saturated carbocycles. The summed E-state index contributed by atoms with van der Waals surface area (Å²) in [6.45, 7) is 0. The highest BCUT2D eigenvalue weighted by molar-refractivity contribution is 7.18. The first-order valence-electron chi connectivity index (χ1n) is 6.11. The van der Waals surface area contributed by atoms with Crippen LogP contribution in [0.1, 0.15) is 0 Å². The summed E-state index contributed by atoms with van der Waals surface area (Å²) in [6, 6.07) is 7.00. The number of nitrogen functional groups attached to an aromatic ring is 1. The van der Waals surface area contributed by atoms with Crippen LogP contribution >= 0.6 is 11.3 Å². The van der Waals surface area contributed by atoms with Gasteiger partial charge < -0.3 is 10.8 Å². The van der Waals surface area contributed by atoms with E-state index in [9.17, 15) is 17.6 Å². The van der Waals surface area contributed by atoms with Crippen LogP contribution in [-0.4, -0.2) is 32.4 Å². The Kier molecular flexibility index (Phi) is 4.93. The number of nitrogens with zero attached hydrogens (tertiary/aromatic N) is 3. The van der Waals surface area contributed by atoms with Gasteiger partial charge in [0.25, 0.3) is 0 Å². The molecule has 3 N–H and O–H groups in total. The highest BCUT2D eigenvalue weighted by Gasteiger charge is 2.38. The molecule has 0 aliphatic carbocycles. The predicted molar refractivity (Wildman–Crippen MR) is 78.7 cm³/mol. The molecule has 0 aliphatic heterocycles. The lowest BCUT2D eigenvalue weighted by atomic mass is 10.1. The maximum atomic E-state index is 13.0. The smallest absolute Gasteiger partial charge is 0.475 e. The van der Waals surface area contributed by atoms with Gasteiger partial charge in [-0.2, -0.15) is 17.6 Å². The molecular weight excluding hydrogens is 352 g/mol. The van der Waals surface area contributed by atoms with Crippen molar-refractivity contribution in [2.75, 3.05) is 5.73 Å². The van der Waals surface area contributed by atoms with Crippen molar-refractivity contribution < 1.29 is 27.5 Å². The van der Waals surface area contributed by atoms with Gasteiger partial charge in [0.1, 0.15) is 5.01 Å². The van der Waals surface area contributed by atoms with E-state index in [4.69, 9.17) is 15.6 Å². The maximum absolute atomic E-state index is 13.0. The average molecular weight is 360 g/mol. The van der Waals surface area contributed by atoms with E-state index in [0.29, 0.717) is 5.13 Å². The highest BCUT2D eigenvalue weighted by Crippen LogP contribution is 2.27. The molecule has 3 aromatic rings. The van der Waals surface area contributed by atoms with Crippen molar-refractivity contribution in [2.24, 2.45) is 0 Å². The number of fused-ring (bicyclic) bond motifs is 1. The number of carboxylic acid groups (broad SMARTS) is 1. The Morgan fingerprint density at radius 1 is 1.17 bits per heavy atom. The van der Waals surface area contributed by atoms with E-state index < -0.39 is 18.1 Å². The second-order valence-corrected chi connectivity index (χ2v) is 5.33. The van der Waals surface area contributed by atoms with E-state index >= 15 is 0 Å². The summed E-state index contributed by atoms with van der Waals surface area (Å²) in [4.78, 5) is 12.5. The molecule has 0 unspecified atom stereocenters. The van der Waals surface area contributed by atoms with E-state index in [0.717, 1.165) is 21.3 Å². The van der Waals surface area contributed by atoms with Gasteiger partial charge >= 0.3 is 12.1 Å². The monoisotopic (exact) mass is 360 g/mol. The molecule has 0 spiro atoms. The van der Waals surface area contributed by atoms with E-state index in [1.165, 1.54) is 23.6 Å². The minimum atomic E-state index is -5.08. The van der Waals surface area contributed by atoms with Crippen molar-refractivity contribution in [2.45, 2.75) is 6.18 Å². The lowest BCUT2D eigenvalue weighted by Gasteiger charge is -1.99. The lowest BCUT2D eigenvalue weighted by Crippen LogP contribution is -2.21. The van der Waals surface area contributed by atoms with E-state index in [1.54, 1.807) is 0 Å². The summed E-state index contributed by atoms with van der Waals surface area (Å²) in [6.07, 6.45) is -3.58. The van der Waals surface area contributed by atoms with E-state index in [1.807, 2.05) is 18.2 Å². The second kappa shape index (κ2) is 6.74. The van der Waals surface area contributed by atoms with Crippen LogP contribution in [0.3, 0.4) is 0 Å². The minimum Gasteiger partial charge on any atom is -0.475 e. The molecule has 24 heavy (non-hydrogen) atoms. The van der Waals surface area contributed by atoms with Crippen LogP contribution in [0.25, 0.3) is 21.3 Å². The molecule has 0 bridgehead atoms. The van der Waals surface area contributed by atoms with Crippen molar-refractivity contribution >= 4 is 33.2 Å². The van der Waals surface area contributed by atoms with Gasteiger partial charge in [0, 0.05) is 23.2 Å². The molecule has 126 valence electrons. The number of halogens is 4. The number of pyridine rings is 1. The number of anilines is 1. The Bertz CT molecular complexity index is 882. The number of aromatic nitrogens is 3. The lowest BCUT2D eigenvalue weighted by molar-refractivity contribution is -0.192. The second-order valence-electron chi connectivity index (χ2n) is 4.32. The highest BCUT2D eigenvalue weighted by atomic mass is 32.1. The Morgan fingerprint density at radius 2 is 1.83 bits per heavy atom. The molecule has 2 aromatic heterocycles. The van der Waals surface area contributed by atoms with Gasteiger partial charge in [-0.05, 0) is 11.5 Å². The van der Waals surface area contributed by atoms with Crippen LogP contribution in [0.5, 0.6) is 0 Å². The quantitative estimate of drug-likeness (QED) is 0.511. The van der Waals surface area contributed by atoms with Crippen LogP contribution in [0.15, 0.2) is 30.5 Å². The first-order valence-corrected chi connectivity index (χ1v) is 6.93. The number of benzene rings is 1. The van der Waals surface area contributed by atoms with Gasteiger partial charge in [0.2, 0.25) is 11.1 Å². The Labute approximate surface area is 135 Å². The van der Waals surface area contributed by atoms with Crippen LogP contribution in [0.4, 0.5) is 22.7 Å². The first kappa shape index (κ1) is 17.5. The van der Waals surface area contributed by atoms with Crippen molar-refractivity contribution in [3.05, 3.63) is 36.4 Å². The summed E-state index contributed by atoms with van der Waals surface area (Å²) < 4.78 is 44.8. The molecule has 11 heteroatoms. The number of carbonyl (C=O) groups is 1. The van der Waals surface area contributed by atoms with Crippen LogP contribution in [0, 0.1) is 5.95 Å². The third-order valence-electron chi connectivity index (χ3n) is 2.62. The zero-order valence-electron chi connectivity index (χ0n) is 11.6. The standard InChI is InChI=1S/C11H7FN4S.C2HF3O2/c12-9-4-8-3-6(1-2-7(8)5-14-9)10-15-16-11(13)17-10;3-2(4,5)1(6)7/h1-5H,(H2,13,16);(H,6,7). The SMILES string of the molecule is Nc1nnc(-c2ccc3cnc(F)cc3c2)s1.O=C(O)C(F)(F)F. The third-order valence-corrected chi connectivity index (χ3v) is 3.42. The van der Waals surface area contributed by atoms with Crippen molar-refractivity contribution in [3.63, 3.8) is 0 Å². The molecular formula is C13H8F4N4O2S. The zero-order chi connectivity index (χ0) is 17.9. The van der Waals surface area contributed by atoms with Gasteiger partial charge in [-0.15, -0.1) is 10.2 Å². The normalized spacial score (nSPS) is 11.0. The van der Waals surface area contributed by atoms with Crippen molar-refractivity contribution in [3.8, 4) is 10.6 Å². The maximum Gasteiger partial charge on any atom is 0.490 e. The molecule has 0 aliphatic rings. The summed E-state index contributed by atoms with van der Waals surface area (Å²) in [7, 11) is 0. The van der Waals surface area contributed by atoms with Gasteiger partial charge in [-0.1, -0.05) is 23.5 Å². The van der Waals surface area contributed by atoms with E-state index in [2.05, 4.69) is 15.2 Å². The van der Waals surface area contributed by atoms with Crippen LogP contribution in [0.2, 0.25) is 0 Å². The Balaban J connectivity index is 0.000000256. The van der Waals surface area contributed by atoms with E-state index in [-0.39, 0.29) is 0 Å². The minimum absolute atomic E-state index is 0.418. The van der Waals surface area contributed by atoms with Gasteiger partial charge in [-0.25, -0.2) is 9.78 Å². The number of alkyl halides is 3. The molecule has 0 fully saturated rings. The molecule has 0 amide bonds. The number of hydrogen-bond donors (Lipinski definition) is 2.